The number of ether oxygens (including phenoxy) is 1. The molecule has 0 radical (unpaired) electrons. The number of carboxylic acids is 1. The van der Waals surface area contributed by atoms with Gasteiger partial charge in [0.05, 0.1) is 13.2 Å². The number of carbonyl (C=O) groups is 1. The summed E-state index contributed by atoms with van der Waals surface area (Å²) in [5, 5.41) is 10.3. The highest BCUT2D eigenvalue weighted by Gasteiger charge is 2.23. The fraction of sp³-hybridized carbons (Fsp3) is 0.545. The van der Waals surface area contributed by atoms with Crippen LogP contribution in [0.25, 0.3) is 0 Å². The molecule has 0 atom stereocenters. The highest BCUT2D eigenvalue weighted by molar-refractivity contribution is 7.89. The summed E-state index contributed by atoms with van der Waals surface area (Å²) in [6, 6.07) is 1.28. The molecule has 0 spiro atoms. The van der Waals surface area contributed by atoms with Crippen LogP contribution >= 0.6 is 11.3 Å². The van der Waals surface area contributed by atoms with E-state index in [9.17, 15) is 13.2 Å². The van der Waals surface area contributed by atoms with Gasteiger partial charge in [-0.1, -0.05) is 0 Å². The Morgan fingerprint density at radius 1 is 1.45 bits per heavy atom. The molecule has 20 heavy (non-hydrogen) atoms. The summed E-state index contributed by atoms with van der Waals surface area (Å²) < 4.78 is 31.4. The first-order valence-corrected chi connectivity index (χ1v) is 8.24. The number of thiophene rings is 1. The van der Waals surface area contributed by atoms with Gasteiger partial charge >= 0.3 is 5.97 Å². The fourth-order valence-electron chi connectivity index (χ4n) is 1.34. The maximum Gasteiger partial charge on any atom is 0.347 e. The van der Waals surface area contributed by atoms with Gasteiger partial charge in [0.25, 0.3) is 0 Å². The van der Waals surface area contributed by atoms with Crippen LogP contribution in [0.5, 0.6) is 0 Å². The first-order chi connectivity index (χ1) is 9.34. The molecule has 9 heteroatoms. The van der Waals surface area contributed by atoms with E-state index in [0.717, 1.165) is 17.9 Å². The van der Waals surface area contributed by atoms with Gasteiger partial charge in [-0.15, -0.1) is 11.3 Å². The number of hydrogen-bond acceptors (Lipinski definition) is 6. The topological polar surface area (TPSA) is 95.9 Å². The quantitative estimate of drug-likeness (QED) is 0.635. The second-order valence-electron chi connectivity index (χ2n) is 4.23. The van der Waals surface area contributed by atoms with Crippen LogP contribution in [0.1, 0.15) is 9.67 Å². The van der Waals surface area contributed by atoms with E-state index in [1.165, 1.54) is 11.4 Å². The third-order valence-corrected chi connectivity index (χ3v) is 4.87. The van der Waals surface area contributed by atoms with Gasteiger partial charge in [-0.05, 0) is 25.5 Å². The Morgan fingerprint density at radius 3 is 2.75 bits per heavy atom. The lowest BCUT2D eigenvalue weighted by molar-refractivity contribution is 0.0698. The van der Waals surface area contributed by atoms with Crippen LogP contribution in [0, 0.1) is 0 Å². The summed E-state index contributed by atoms with van der Waals surface area (Å²) in [5.74, 6) is -1.25. The standard InChI is InChI=1S/C11H18N2O5S2/c1-13(2)5-7-18-6-4-12-20(16,17)9-3-8-19-10(9)11(14)15/h3,8,12H,4-7H2,1-2H3,(H,14,15). The molecule has 114 valence electrons. The third-order valence-electron chi connectivity index (χ3n) is 2.33. The van der Waals surface area contributed by atoms with Crippen molar-refractivity contribution in [1.29, 1.82) is 0 Å². The van der Waals surface area contributed by atoms with Gasteiger partial charge in [-0.2, -0.15) is 0 Å². The van der Waals surface area contributed by atoms with Crippen molar-refractivity contribution in [3.63, 3.8) is 0 Å². The zero-order valence-electron chi connectivity index (χ0n) is 11.3. The number of sulfonamides is 1. The second-order valence-corrected chi connectivity index (χ2v) is 6.88. The Labute approximate surface area is 122 Å². The third kappa shape index (κ3) is 5.17. The van der Waals surface area contributed by atoms with Crippen LogP contribution in [-0.2, 0) is 14.8 Å². The highest BCUT2D eigenvalue weighted by Crippen LogP contribution is 2.21. The number of hydrogen-bond donors (Lipinski definition) is 2. The van der Waals surface area contributed by atoms with Crippen LogP contribution in [0.3, 0.4) is 0 Å². The molecule has 0 saturated carbocycles. The number of rotatable bonds is 9. The van der Waals surface area contributed by atoms with Crippen LogP contribution < -0.4 is 4.72 Å². The number of likely N-dealkylation sites (N-methyl/N-ethyl adjacent to an activating group) is 1. The lowest BCUT2D eigenvalue weighted by Gasteiger charge is -2.10. The molecule has 1 rings (SSSR count). The Kier molecular flexibility index (Phi) is 6.56. The SMILES string of the molecule is CN(C)CCOCCNS(=O)(=O)c1ccsc1C(=O)O. The van der Waals surface area contributed by atoms with Crippen LogP contribution in [-0.4, -0.2) is 64.8 Å². The fourth-order valence-corrected chi connectivity index (χ4v) is 3.61. The van der Waals surface area contributed by atoms with Crippen molar-refractivity contribution in [1.82, 2.24) is 9.62 Å². The molecule has 0 amide bonds. The molecule has 7 nitrogen and oxygen atoms in total. The van der Waals surface area contributed by atoms with Crippen molar-refractivity contribution < 1.29 is 23.1 Å². The van der Waals surface area contributed by atoms with Gasteiger partial charge in [-0.3, -0.25) is 0 Å². The maximum absolute atomic E-state index is 11.9. The molecule has 1 heterocycles. The Morgan fingerprint density at radius 2 is 2.15 bits per heavy atom. The van der Waals surface area contributed by atoms with Gasteiger partial charge in [0.15, 0.2) is 0 Å². The van der Waals surface area contributed by atoms with E-state index in [0.29, 0.717) is 6.61 Å². The van der Waals surface area contributed by atoms with E-state index in [1.54, 1.807) is 0 Å². The minimum atomic E-state index is -3.81. The number of carboxylic acid groups (broad SMARTS) is 1. The first kappa shape index (κ1) is 17.1. The Hall–Kier alpha value is -1.00. The molecular formula is C11H18N2O5S2. The Bertz CT molecular complexity index is 539. The highest BCUT2D eigenvalue weighted by atomic mass is 32.2. The van der Waals surface area contributed by atoms with Gasteiger partial charge < -0.3 is 14.7 Å². The largest absolute Gasteiger partial charge is 0.477 e. The van der Waals surface area contributed by atoms with Gasteiger partial charge in [0.1, 0.15) is 9.77 Å². The zero-order chi connectivity index (χ0) is 15.2. The van der Waals surface area contributed by atoms with Crippen molar-refractivity contribution in [2.24, 2.45) is 0 Å². The zero-order valence-corrected chi connectivity index (χ0v) is 13.0. The maximum atomic E-state index is 11.9. The van der Waals surface area contributed by atoms with Crippen LogP contribution in [0.15, 0.2) is 16.3 Å². The molecule has 0 aliphatic heterocycles. The summed E-state index contributed by atoms with van der Waals surface area (Å²) in [6.07, 6.45) is 0. The predicted octanol–water partition coefficient (Wildman–Crippen LogP) is 0.303. The molecule has 0 unspecified atom stereocenters. The van der Waals surface area contributed by atoms with Crippen molar-refractivity contribution in [2.75, 3.05) is 40.4 Å². The summed E-state index contributed by atoms with van der Waals surface area (Å²) in [4.78, 5) is 12.5. The first-order valence-electron chi connectivity index (χ1n) is 5.87. The summed E-state index contributed by atoms with van der Waals surface area (Å²) in [5.41, 5.74) is 0. The number of nitrogens with zero attached hydrogens (tertiary/aromatic N) is 1. The van der Waals surface area contributed by atoms with Gasteiger partial charge in [0.2, 0.25) is 10.0 Å². The van der Waals surface area contributed by atoms with Crippen molar-refractivity contribution in [3.8, 4) is 0 Å². The van der Waals surface area contributed by atoms with E-state index in [-0.39, 0.29) is 22.9 Å². The Balaban J connectivity index is 2.46. The van der Waals surface area contributed by atoms with E-state index in [1.807, 2.05) is 19.0 Å². The second kappa shape index (κ2) is 7.70. The average Bonchev–Trinajstić information content (AvgIpc) is 2.83. The molecule has 0 bridgehead atoms. The molecule has 0 aliphatic carbocycles. The van der Waals surface area contributed by atoms with Crippen LogP contribution in [0.4, 0.5) is 0 Å². The minimum Gasteiger partial charge on any atom is -0.477 e. The van der Waals surface area contributed by atoms with E-state index in [4.69, 9.17) is 9.84 Å². The summed E-state index contributed by atoms with van der Waals surface area (Å²) >= 11 is 0.880. The minimum absolute atomic E-state index is 0.102. The number of nitrogens with one attached hydrogen (secondary N) is 1. The van der Waals surface area contributed by atoms with Crippen molar-refractivity contribution >= 4 is 27.3 Å². The summed E-state index contributed by atoms with van der Waals surface area (Å²) in [7, 11) is 0.0186. The molecular weight excluding hydrogens is 304 g/mol. The molecule has 0 aliphatic rings. The van der Waals surface area contributed by atoms with E-state index < -0.39 is 16.0 Å². The lowest BCUT2D eigenvalue weighted by atomic mass is 10.5. The number of aromatic carboxylic acids is 1. The molecule has 0 saturated heterocycles. The molecule has 1 aromatic heterocycles. The van der Waals surface area contributed by atoms with Crippen LogP contribution in [0.2, 0.25) is 0 Å². The van der Waals surface area contributed by atoms with Crippen molar-refractivity contribution in [2.45, 2.75) is 4.90 Å². The molecule has 0 fully saturated rings. The van der Waals surface area contributed by atoms with E-state index in [2.05, 4.69) is 4.72 Å². The van der Waals surface area contributed by atoms with Gasteiger partial charge in [0, 0.05) is 13.1 Å². The predicted molar refractivity (Wildman–Crippen MR) is 75.8 cm³/mol. The van der Waals surface area contributed by atoms with E-state index >= 15 is 0 Å². The van der Waals surface area contributed by atoms with Crippen molar-refractivity contribution in [3.05, 3.63) is 16.3 Å². The smallest absolute Gasteiger partial charge is 0.347 e. The average molecular weight is 322 g/mol. The monoisotopic (exact) mass is 322 g/mol. The normalized spacial score (nSPS) is 11.9. The molecule has 1 aromatic rings. The summed E-state index contributed by atoms with van der Waals surface area (Å²) in [6.45, 7) is 1.60. The van der Waals surface area contributed by atoms with Gasteiger partial charge in [-0.25, -0.2) is 17.9 Å². The molecule has 0 aromatic carbocycles. The lowest BCUT2D eigenvalue weighted by Crippen LogP contribution is -2.29. The molecule has 2 N–H and O–H groups in total.